The molecule has 0 aliphatic heterocycles. The van der Waals surface area contributed by atoms with Crippen LogP contribution in [0, 0.1) is 11.6 Å². The van der Waals surface area contributed by atoms with Crippen LogP contribution in [0.5, 0.6) is 0 Å². The van der Waals surface area contributed by atoms with Gasteiger partial charge in [0.2, 0.25) is 0 Å². The lowest BCUT2D eigenvalue weighted by Crippen LogP contribution is -2.26. The van der Waals surface area contributed by atoms with Crippen molar-refractivity contribution in [2.24, 2.45) is 0 Å². The lowest BCUT2D eigenvalue weighted by Gasteiger charge is -2.18. The molecule has 0 aliphatic rings. The number of amides is 1. The fraction of sp³-hybridized carbons (Fsp3) is 0.133. The summed E-state index contributed by atoms with van der Waals surface area (Å²) in [5.74, 6) is -2.70. The zero-order valence-electron chi connectivity index (χ0n) is 11.0. The Kier molecular flexibility index (Phi) is 4.80. The van der Waals surface area contributed by atoms with Gasteiger partial charge < -0.3 is 4.90 Å². The first-order valence-corrected chi connectivity index (χ1v) is 6.78. The highest BCUT2D eigenvalue weighted by atomic mass is 35.5. The average molecular weight is 330 g/mol. The van der Waals surface area contributed by atoms with E-state index in [4.69, 9.17) is 23.2 Å². The molecule has 1 amide bonds. The molecular formula is C15H11Cl2F2NO. The van der Waals surface area contributed by atoms with Crippen LogP contribution in [-0.4, -0.2) is 17.9 Å². The predicted octanol–water partition coefficient (Wildman–Crippen LogP) is 4.54. The summed E-state index contributed by atoms with van der Waals surface area (Å²) in [7, 11) is 1.54. The van der Waals surface area contributed by atoms with E-state index >= 15 is 0 Å². The Hall–Kier alpha value is -1.65. The van der Waals surface area contributed by atoms with E-state index < -0.39 is 17.5 Å². The van der Waals surface area contributed by atoms with Gasteiger partial charge in [-0.2, -0.15) is 0 Å². The third-order valence-corrected chi connectivity index (χ3v) is 3.44. The maximum atomic E-state index is 13.2. The van der Waals surface area contributed by atoms with E-state index in [2.05, 4.69) is 0 Å². The molecule has 0 unspecified atom stereocenters. The molecule has 0 atom stereocenters. The zero-order valence-corrected chi connectivity index (χ0v) is 12.6. The van der Waals surface area contributed by atoms with Crippen LogP contribution in [0.25, 0.3) is 0 Å². The summed E-state index contributed by atoms with van der Waals surface area (Å²) in [6.07, 6.45) is 0. The number of hydrogen-bond donors (Lipinski definition) is 0. The van der Waals surface area contributed by atoms with Crippen LogP contribution in [-0.2, 0) is 6.54 Å². The van der Waals surface area contributed by atoms with E-state index in [9.17, 15) is 13.6 Å². The van der Waals surface area contributed by atoms with Crippen LogP contribution < -0.4 is 0 Å². The molecule has 0 bridgehead atoms. The number of carbonyl (C=O) groups is 1. The Morgan fingerprint density at radius 3 is 2.48 bits per heavy atom. The third-order valence-electron chi connectivity index (χ3n) is 2.90. The maximum Gasteiger partial charge on any atom is 0.255 e. The van der Waals surface area contributed by atoms with Crippen molar-refractivity contribution in [3.63, 3.8) is 0 Å². The van der Waals surface area contributed by atoms with E-state index in [-0.39, 0.29) is 17.1 Å². The Labute approximate surface area is 130 Å². The standard InChI is InChI=1S/C15H11Cl2F2NO/c1-20(8-9-3-2-4-10(16)5-9)15(21)11-6-13(18)14(19)7-12(11)17/h2-7H,8H2,1H3. The van der Waals surface area contributed by atoms with Gasteiger partial charge in [-0.15, -0.1) is 0 Å². The first-order chi connectivity index (χ1) is 9.88. The lowest BCUT2D eigenvalue weighted by molar-refractivity contribution is 0.0784. The second-order valence-corrected chi connectivity index (χ2v) is 5.38. The second-order valence-electron chi connectivity index (χ2n) is 4.54. The van der Waals surface area contributed by atoms with Crippen molar-refractivity contribution in [1.29, 1.82) is 0 Å². The van der Waals surface area contributed by atoms with Crippen LogP contribution in [0.4, 0.5) is 8.78 Å². The summed E-state index contributed by atoms with van der Waals surface area (Å²) in [6.45, 7) is 0.273. The van der Waals surface area contributed by atoms with Crippen LogP contribution in [0.15, 0.2) is 36.4 Å². The smallest absolute Gasteiger partial charge is 0.255 e. The largest absolute Gasteiger partial charge is 0.337 e. The quantitative estimate of drug-likeness (QED) is 0.757. The molecule has 2 rings (SSSR count). The monoisotopic (exact) mass is 329 g/mol. The van der Waals surface area contributed by atoms with Gasteiger partial charge in [-0.05, 0) is 29.8 Å². The average Bonchev–Trinajstić information content (AvgIpc) is 2.42. The van der Waals surface area contributed by atoms with Crippen molar-refractivity contribution in [2.75, 3.05) is 7.05 Å². The van der Waals surface area contributed by atoms with Gasteiger partial charge in [0.05, 0.1) is 10.6 Å². The van der Waals surface area contributed by atoms with Gasteiger partial charge in [-0.3, -0.25) is 4.79 Å². The van der Waals surface area contributed by atoms with Gasteiger partial charge in [0.1, 0.15) is 0 Å². The van der Waals surface area contributed by atoms with Crippen molar-refractivity contribution < 1.29 is 13.6 Å². The van der Waals surface area contributed by atoms with E-state index in [0.29, 0.717) is 5.02 Å². The second kappa shape index (κ2) is 6.41. The normalized spacial score (nSPS) is 10.5. The van der Waals surface area contributed by atoms with Gasteiger partial charge in [0.25, 0.3) is 5.91 Å². The van der Waals surface area contributed by atoms with Crippen molar-refractivity contribution in [1.82, 2.24) is 4.90 Å². The van der Waals surface area contributed by atoms with E-state index in [1.165, 1.54) is 4.90 Å². The topological polar surface area (TPSA) is 20.3 Å². The fourth-order valence-electron chi connectivity index (χ4n) is 1.87. The molecule has 6 heteroatoms. The number of nitrogens with zero attached hydrogens (tertiary/aromatic N) is 1. The zero-order chi connectivity index (χ0) is 15.6. The van der Waals surface area contributed by atoms with Crippen molar-refractivity contribution in [2.45, 2.75) is 6.54 Å². The molecule has 2 aromatic carbocycles. The molecule has 2 nitrogen and oxygen atoms in total. The van der Waals surface area contributed by atoms with E-state index in [0.717, 1.165) is 17.7 Å². The fourth-order valence-corrected chi connectivity index (χ4v) is 2.32. The minimum Gasteiger partial charge on any atom is -0.337 e. The molecular weight excluding hydrogens is 319 g/mol. The van der Waals surface area contributed by atoms with Gasteiger partial charge in [0.15, 0.2) is 11.6 Å². The van der Waals surface area contributed by atoms with Gasteiger partial charge in [0, 0.05) is 18.6 Å². The van der Waals surface area contributed by atoms with Gasteiger partial charge >= 0.3 is 0 Å². The molecule has 0 saturated carbocycles. The summed E-state index contributed by atoms with van der Waals surface area (Å²) in [4.78, 5) is 13.6. The lowest BCUT2D eigenvalue weighted by atomic mass is 10.1. The highest BCUT2D eigenvalue weighted by Crippen LogP contribution is 2.22. The summed E-state index contributed by atoms with van der Waals surface area (Å²) in [5.41, 5.74) is 0.733. The third kappa shape index (κ3) is 3.71. The Morgan fingerprint density at radius 1 is 1.14 bits per heavy atom. The van der Waals surface area contributed by atoms with Crippen molar-refractivity contribution in [3.05, 3.63) is 69.2 Å². The van der Waals surface area contributed by atoms with Crippen molar-refractivity contribution >= 4 is 29.1 Å². The first-order valence-electron chi connectivity index (χ1n) is 6.03. The van der Waals surface area contributed by atoms with Gasteiger partial charge in [-0.25, -0.2) is 8.78 Å². The minimum absolute atomic E-state index is 0.0832. The molecule has 0 spiro atoms. The Balaban J connectivity index is 2.22. The molecule has 0 radical (unpaired) electrons. The van der Waals surface area contributed by atoms with Crippen LogP contribution in [0.2, 0.25) is 10.0 Å². The Morgan fingerprint density at radius 2 is 1.81 bits per heavy atom. The molecule has 21 heavy (non-hydrogen) atoms. The van der Waals surface area contributed by atoms with Crippen LogP contribution >= 0.6 is 23.2 Å². The van der Waals surface area contributed by atoms with E-state index in [1.54, 1.807) is 25.2 Å². The molecule has 0 aromatic heterocycles. The summed E-state index contributed by atoms with van der Waals surface area (Å²) >= 11 is 11.7. The van der Waals surface area contributed by atoms with Crippen LogP contribution in [0.3, 0.4) is 0 Å². The maximum absolute atomic E-state index is 13.2. The van der Waals surface area contributed by atoms with Gasteiger partial charge in [-0.1, -0.05) is 35.3 Å². The molecule has 2 aromatic rings. The first kappa shape index (κ1) is 15.7. The molecule has 0 N–H and O–H groups in total. The summed E-state index contributed by atoms with van der Waals surface area (Å²) in [6, 6.07) is 8.60. The summed E-state index contributed by atoms with van der Waals surface area (Å²) in [5, 5.41) is 0.427. The number of halogens is 4. The molecule has 0 aliphatic carbocycles. The molecule has 110 valence electrons. The molecule has 0 heterocycles. The number of hydrogen-bond acceptors (Lipinski definition) is 1. The Bertz CT molecular complexity index is 691. The SMILES string of the molecule is CN(Cc1cccc(Cl)c1)C(=O)c1cc(F)c(F)cc1Cl. The number of rotatable bonds is 3. The summed E-state index contributed by atoms with van der Waals surface area (Å²) < 4.78 is 26.3. The van der Waals surface area contributed by atoms with E-state index in [1.807, 2.05) is 6.07 Å². The minimum atomic E-state index is -1.11. The number of benzene rings is 2. The highest BCUT2D eigenvalue weighted by molar-refractivity contribution is 6.33. The highest BCUT2D eigenvalue weighted by Gasteiger charge is 2.18. The van der Waals surface area contributed by atoms with Crippen molar-refractivity contribution in [3.8, 4) is 0 Å². The van der Waals surface area contributed by atoms with Crippen LogP contribution in [0.1, 0.15) is 15.9 Å². The molecule has 0 fully saturated rings. The number of carbonyl (C=O) groups excluding carboxylic acids is 1. The predicted molar refractivity (Wildman–Crippen MR) is 78.6 cm³/mol. The molecule has 0 saturated heterocycles.